The molecule has 9 nitrogen and oxygen atoms in total. The number of primary amides is 1. The van der Waals surface area contributed by atoms with Gasteiger partial charge in [-0.3, -0.25) is 5.32 Å². The minimum atomic E-state index is -4.52. The molecule has 1 unspecified atom stereocenters. The van der Waals surface area contributed by atoms with E-state index in [0.29, 0.717) is 32.6 Å². The van der Waals surface area contributed by atoms with Crippen LogP contribution < -0.4 is 25.8 Å². The maximum Gasteiger partial charge on any atom is 0.418 e. The van der Waals surface area contributed by atoms with Crippen molar-refractivity contribution in [3.8, 4) is 0 Å². The minimum absolute atomic E-state index is 0.0339. The van der Waals surface area contributed by atoms with Gasteiger partial charge in [0.25, 0.3) is 0 Å². The van der Waals surface area contributed by atoms with Crippen LogP contribution in [0.4, 0.5) is 36.4 Å². The maximum absolute atomic E-state index is 14.0. The first kappa shape index (κ1) is 23.4. The zero-order valence-corrected chi connectivity index (χ0v) is 19.9. The van der Waals surface area contributed by atoms with Crippen molar-refractivity contribution < 1.29 is 23.3 Å². The lowest BCUT2D eigenvalue weighted by molar-refractivity contribution is -0.555. The molecular formula is C24H30F3N8O+. The predicted octanol–water partition coefficient (Wildman–Crippen LogP) is 1.58. The molecule has 0 aromatic carbocycles. The van der Waals surface area contributed by atoms with Gasteiger partial charge in [-0.15, -0.1) is 0 Å². The Balaban J connectivity index is 1.32. The molecule has 5 heterocycles. The van der Waals surface area contributed by atoms with Gasteiger partial charge >= 0.3 is 12.1 Å². The third kappa shape index (κ3) is 3.96. The summed E-state index contributed by atoms with van der Waals surface area (Å²) < 4.78 is 41.9. The fraction of sp³-hybridized carbons (Fsp3) is 0.583. The van der Waals surface area contributed by atoms with E-state index in [0.717, 1.165) is 56.1 Å². The van der Waals surface area contributed by atoms with Crippen molar-refractivity contribution in [1.29, 1.82) is 0 Å². The van der Waals surface area contributed by atoms with Crippen LogP contribution in [0.5, 0.6) is 0 Å². The van der Waals surface area contributed by atoms with Crippen LogP contribution in [0, 0.1) is 0 Å². The van der Waals surface area contributed by atoms with Crippen LogP contribution in [-0.2, 0) is 17.4 Å². The first-order chi connectivity index (χ1) is 17.3. The highest BCUT2D eigenvalue weighted by molar-refractivity contribution is 5.87. The van der Waals surface area contributed by atoms with Crippen LogP contribution in [0.3, 0.4) is 0 Å². The van der Waals surface area contributed by atoms with E-state index in [2.05, 4.69) is 25.5 Å². The van der Waals surface area contributed by atoms with Gasteiger partial charge in [0.2, 0.25) is 5.95 Å². The molecule has 12 heteroatoms. The van der Waals surface area contributed by atoms with E-state index < -0.39 is 17.3 Å². The lowest BCUT2D eigenvalue weighted by atomic mass is 9.91. The van der Waals surface area contributed by atoms with Gasteiger partial charge < -0.3 is 20.4 Å². The number of hydrogen-bond acceptors (Lipinski definition) is 8. The molecule has 1 aliphatic carbocycles. The first-order valence-corrected chi connectivity index (χ1v) is 12.7. The Morgan fingerprint density at radius 1 is 1.14 bits per heavy atom. The second-order valence-corrected chi connectivity index (χ2v) is 10.1. The summed E-state index contributed by atoms with van der Waals surface area (Å²) in [6, 6.07) is 1.26. The highest BCUT2D eigenvalue weighted by Gasteiger charge is 2.58. The van der Waals surface area contributed by atoms with Gasteiger partial charge in [0.15, 0.2) is 5.54 Å². The number of alkyl halides is 3. The second kappa shape index (κ2) is 8.84. The molecule has 36 heavy (non-hydrogen) atoms. The number of pyridine rings is 1. The normalized spacial score (nSPS) is 24.7. The average molecular weight is 504 g/mol. The van der Waals surface area contributed by atoms with Crippen molar-refractivity contribution in [2.24, 2.45) is 0 Å². The molecule has 192 valence electrons. The van der Waals surface area contributed by atoms with Crippen molar-refractivity contribution in [2.75, 3.05) is 47.8 Å². The Hall–Kier alpha value is -2.99. The molecule has 0 radical (unpaired) electrons. The summed E-state index contributed by atoms with van der Waals surface area (Å²) in [6.07, 6.45) is 4.02. The molecule has 2 aromatic rings. The van der Waals surface area contributed by atoms with Gasteiger partial charge in [-0.1, -0.05) is 12.8 Å². The zero-order chi connectivity index (χ0) is 24.9. The van der Waals surface area contributed by atoms with Crippen molar-refractivity contribution in [3.63, 3.8) is 0 Å². The molecular weight excluding hydrogens is 473 g/mol. The van der Waals surface area contributed by atoms with Crippen molar-refractivity contribution in [1.82, 2.24) is 20.3 Å². The van der Waals surface area contributed by atoms with E-state index in [4.69, 9.17) is 4.98 Å². The molecule has 1 atom stereocenters. The van der Waals surface area contributed by atoms with Gasteiger partial charge in [0.05, 0.1) is 24.0 Å². The topological polar surface area (TPSA) is 103 Å². The molecule has 1 amide bonds. The monoisotopic (exact) mass is 503 g/mol. The summed E-state index contributed by atoms with van der Waals surface area (Å²) in [6.45, 7) is 2.97. The average Bonchev–Trinajstić information content (AvgIpc) is 3.59. The zero-order valence-electron chi connectivity index (χ0n) is 19.9. The molecule has 2 saturated heterocycles. The number of piperazine rings is 1. The Kier molecular flexibility index (Phi) is 5.75. The number of fused-ring (bicyclic) bond motifs is 1. The number of aromatic nitrogens is 3. The molecule has 4 N–H and O–H groups in total. The lowest BCUT2D eigenvalue weighted by Crippen LogP contribution is -2.88. The summed E-state index contributed by atoms with van der Waals surface area (Å²) >= 11 is 0. The standard InChI is InChI=1S/C24H29F3N8O/c25-24(26,27)17-11-19(30-14-18(17)34-9-7-28-8-10-34)32-22-31-13-15-12-23(5-6-29-21(23)36)35(20(15)33-22)16-3-1-2-4-16/h11,13-14,16,28H,1-10,12H2,(H,29,36)(H,30,31,32,33)/p+1. The number of nitrogens with zero attached hydrogens (tertiary/aromatic N) is 5. The summed E-state index contributed by atoms with van der Waals surface area (Å²) in [7, 11) is 0. The predicted molar refractivity (Wildman–Crippen MR) is 127 cm³/mol. The third-order valence-electron chi connectivity index (χ3n) is 7.94. The quantitative estimate of drug-likeness (QED) is 0.578. The van der Waals surface area contributed by atoms with Crippen molar-refractivity contribution >= 4 is 29.2 Å². The van der Waals surface area contributed by atoms with Gasteiger partial charge in [0.1, 0.15) is 11.6 Å². The van der Waals surface area contributed by atoms with Gasteiger partial charge in [-0.05, 0) is 18.9 Å². The summed E-state index contributed by atoms with van der Waals surface area (Å²) in [5.74, 6) is 1.07. The summed E-state index contributed by atoms with van der Waals surface area (Å²) in [5, 5.41) is 7.83. The van der Waals surface area contributed by atoms with E-state index in [1.807, 2.05) is 0 Å². The largest absolute Gasteiger partial charge is 0.418 e. The number of hydrogen-bond donors (Lipinski definition) is 3. The number of carbonyl (C=O) groups is 1. The minimum Gasteiger partial charge on any atom is -0.367 e. The molecule has 1 saturated carbocycles. The highest BCUT2D eigenvalue weighted by atomic mass is 19.4. The highest BCUT2D eigenvalue weighted by Crippen LogP contribution is 2.45. The van der Waals surface area contributed by atoms with E-state index in [9.17, 15) is 18.0 Å². The Morgan fingerprint density at radius 3 is 2.61 bits per heavy atom. The number of halogens is 3. The van der Waals surface area contributed by atoms with E-state index in [1.165, 1.54) is 6.20 Å². The molecule has 0 bridgehead atoms. The molecule has 2 aromatic heterocycles. The SMILES string of the molecule is O=C1[NH2+]CCC12Cc1cnc(Nc3cc(C(F)(F)F)c(N4CCNCC4)cn3)nc1N2C1CCCC1. The van der Waals surface area contributed by atoms with Gasteiger partial charge in [-0.25, -0.2) is 14.8 Å². The van der Waals surface area contributed by atoms with Crippen LogP contribution in [0.2, 0.25) is 0 Å². The van der Waals surface area contributed by atoms with Crippen LogP contribution >= 0.6 is 0 Å². The van der Waals surface area contributed by atoms with Crippen LogP contribution in [0.1, 0.15) is 43.2 Å². The van der Waals surface area contributed by atoms with Crippen LogP contribution in [0.25, 0.3) is 0 Å². The fourth-order valence-electron chi connectivity index (χ4n) is 6.26. The molecule has 4 aliphatic rings. The summed E-state index contributed by atoms with van der Waals surface area (Å²) in [4.78, 5) is 30.3. The van der Waals surface area contributed by atoms with Gasteiger partial charge in [0, 0.05) is 56.8 Å². The number of rotatable bonds is 4. The molecule has 6 rings (SSSR count). The number of amides is 1. The summed E-state index contributed by atoms with van der Waals surface area (Å²) in [5.41, 5.74) is -0.345. The smallest absolute Gasteiger partial charge is 0.367 e. The number of quaternary nitrogens is 1. The van der Waals surface area contributed by atoms with Gasteiger partial charge in [-0.2, -0.15) is 18.2 Å². The van der Waals surface area contributed by atoms with Crippen LogP contribution in [0.15, 0.2) is 18.5 Å². The fourth-order valence-corrected chi connectivity index (χ4v) is 6.26. The van der Waals surface area contributed by atoms with E-state index in [1.54, 1.807) is 16.4 Å². The lowest BCUT2D eigenvalue weighted by Gasteiger charge is -2.37. The molecule has 3 aliphatic heterocycles. The molecule has 1 spiro atoms. The molecule has 3 fully saturated rings. The first-order valence-electron chi connectivity index (χ1n) is 12.7. The number of anilines is 4. The van der Waals surface area contributed by atoms with E-state index in [-0.39, 0.29) is 29.4 Å². The Morgan fingerprint density at radius 2 is 1.92 bits per heavy atom. The van der Waals surface area contributed by atoms with Crippen molar-refractivity contribution in [2.45, 2.75) is 56.3 Å². The van der Waals surface area contributed by atoms with Crippen molar-refractivity contribution in [3.05, 3.63) is 29.6 Å². The Labute approximate surface area is 206 Å². The van der Waals surface area contributed by atoms with Crippen LogP contribution in [-0.4, -0.2) is 65.2 Å². The Bertz CT molecular complexity index is 1160. The maximum atomic E-state index is 14.0. The number of nitrogens with two attached hydrogens (primary N) is 1. The number of nitrogens with one attached hydrogen (secondary N) is 2. The third-order valence-corrected chi connectivity index (χ3v) is 7.94. The number of carbonyl (C=O) groups excluding carboxylic acids is 1. The van der Waals surface area contributed by atoms with E-state index >= 15 is 0 Å². The second-order valence-electron chi connectivity index (χ2n) is 10.1.